The predicted octanol–water partition coefficient (Wildman–Crippen LogP) is 2.85. The maximum Gasteiger partial charge on any atom is 0.224 e. The van der Waals surface area contributed by atoms with Crippen LogP contribution in [0.1, 0.15) is 31.4 Å². The van der Waals surface area contributed by atoms with E-state index in [0.717, 1.165) is 31.6 Å². The first-order valence-corrected chi connectivity index (χ1v) is 9.27. The fourth-order valence-electron chi connectivity index (χ4n) is 3.50. The van der Waals surface area contributed by atoms with Gasteiger partial charge in [0.2, 0.25) is 5.91 Å². The Kier molecular flexibility index (Phi) is 6.04. The van der Waals surface area contributed by atoms with Gasteiger partial charge < -0.3 is 9.80 Å². The Labute approximate surface area is 154 Å². The van der Waals surface area contributed by atoms with Crippen LogP contribution in [0, 0.1) is 11.7 Å². The molecule has 3 rings (SSSR count). The molecular weight excluding hydrogens is 331 g/mol. The smallest absolute Gasteiger partial charge is 0.224 e. The fraction of sp³-hybridized carbons (Fsp3) is 0.500. The number of rotatable bonds is 6. The van der Waals surface area contributed by atoms with Gasteiger partial charge in [-0.1, -0.05) is 26.0 Å². The van der Waals surface area contributed by atoms with Crippen molar-refractivity contribution in [2.24, 2.45) is 5.92 Å². The van der Waals surface area contributed by atoms with Gasteiger partial charge in [-0.25, -0.2) is 4.39 Å². The van der Waals surface area contributed by atoms with Gasteiger partial charge in [-0.05, 0) is 35.6 Å². The number of nitrogens with one attached hydrogen (secondary N) is 1. The molecule has 2 heterocycles. The topological polar surface area (TPSA) is 52.2 Å². The van der Waals surface area contributed by atoms with Gasteiger partial charge in [-0.2, -0.15) is 5.10 Å². The summed E-state index contributed by atoms with van der Waals surface area (Å²) in [5.41, 5.74) is 2.15. The van der Waals surface area contributed by atoms with Crippen LogP contribution in [0.4, 0.5) is 4.39 Å². The normalized spacial score (nSPS) is 19.2. The lowest BCUT2D eigenvalue weighted by molar-refractivity contribution is -0.134. The van der Waals surface area contributed by atoms with Crippen molar-refractivity contribution in [3.8, 4) is 0 Å². The molecule has 1 aliphatic rings. The SMILES string of the molecule is CC(C)[C@H]1CN(CCc2cn[nH]c2)CCC(=O)N1Cc1ccc(F)cc1. The molecule has 0 aliphatic carbocycles. The standard InChI is InChI=1S/C20H27FN4O/c1-15(2)19-14-24(9-7-17-11-22-23-12-17)10-8-20(26)25(19)13-16-3-5-18(21)6-4-16/h3-6,11-12,15,19H,7-10,13-14H2,1-2H3,(H,22,23)/t19-/m1/s1. The van der Waals surface area contributed by atoms with E-state index in [1.165, 1.54) is 17.7 Å². The van der Waals surface area contributed by atoms with Crippen molar-refractivity contribution in [1.82, 2.24) is 20.0 Å². The number of carbonyl (C=O) groups is 1. The Hall–Kier alpha value is -2.21. The number of hydrogen-bond acceptors (Lipinski definition) is 3. The van der Waals surface area contributed by atoms with Gasteiger partial charge in [0.05, 0.1) is 6.20 Å². The highest BCUT2D eigenvalue weighted by atomic mass is 19.1. The molecule has 0 unspecified atom stereocenters. The number of nitrogens with zero attached hydrogens (tertiary/aromatic N) is 3. The number of aromatic amines is 1. The van der Waals surface area contributed by atoms with Gasteiger partial charge in [-0.3, -0.25) is 9.89 Å². The molecular formula is C20H27FN4O. The number of carbonyl (C=O) groups excluding carboxylic acids is 1. The quantitative estimate of drug-likeness (QED) is 0.864. The zero-order valence-corrected chi connectivity index (χ0v) is 15.5. The molecule has 1 atom stereocenters. The summed E-state index contributed by atoms with van der Waals surface area (Å²) in [7, 11) is 0. The molecule has 5 nitrogen and oxygen atoms in total. The minimum absolute atomic E-state index is 0.152. The first-order chi connectivity index (χ1) is 12.5. The van der Waals surface area contributed by atoms with Crippen molar-refractivity contribution in [2.45, 2.75) is 39.3 Å². The second kappa shape index (κ2) is 8.45. The van der Waals surface area contributed by atoms with Crippen molar-refractivity contribution < 1.29 is 9.18 Å². The van der Waals surface area contributed by atoms with E-state index >= 15 is 0 Å². The zero-order valence-electron chi connectivity index (χ0n) is 15.5. The van der Waals surface area contributed by atoms with Crippen molar-refractivity contribution >= 4 is 5.91 Å². The first kappa shape index (κ1) is 18.6. The highest BCUT2D eigenvalue weighted by molar-refractivity contribution is 5.77. The molecule has 1 aliphatic heterocycles. The molecule has 26 heavy (non-hydrogen) atoms. The third-order valence-electron chi connectivity index (χ3n) is 5.12. The van der Waals surface area contributed by atoms with E-state index in [2.05, 4.69) is 28.9 Å². The Morgan fingerprint density at radius 1 is 1.27 bits per heavy atom. The van der Waals surface area contributed by atoms with E-state index in [1.54, 1.807) is 12.1 Å². The summed E-state index contributed by atoms with van der Waals surface area (Å²) in [5.74, 6) is 0.287. The molecule has 0 saturated carbocycles. The molecule has 1 N–H and O–H groups in total. The lowest BCUT2D eigenvalue weighted by atomic mass is 10.0. The van der Waals surface area contributed by atoms with Crippen molar-refractivity contribution in [1.29, 1.82) is 0 Å². The molecule has 1 aromatic heterocycles. The average Bonchev–Trinajstić information content (AvgIpc) is 3.08. The number of hydrogen-bond donors (Lipinski definition) is 1. The number of benzene rings is 1. The van der Waals surface area contributed by atoms with Gasteiger partial charge in [0, 0.05) is 44.8 Å². The summed E-state index contributed by atoms with van der Waals surface area (Å²) in [4.78, 5) is 17.1. The Balaban J connectivity index is 1.69. The molecule has 140 valence electrons. The van der Waals surface area contributed by atoms with E-state index in [1.807, 2.05) is 17.3 Å². The lowest BCUT2D eigenvalue weighted by Gasteiger charge is -2.35. The second-order valence-corrected chi connectivity index (χ2v) is 7.37. The number of halogens is 1. The van der Waals surface area contributed by atoms with E-state index < -0.39 is 0 Å². The van der Waals surface area contributed by atoms with E-state index in [0.29, 0.717) is 18.9 Å². The van der Waals surface area contributed by atoms with Crippen molar-refractivity contribution in [3.05, 3.63) is 53.6 Å². The molecule has 6 heteroatoms. The Morgan fingerprint density at radius 3 is 2.69 bits per heavy atom. The number of aromatic nitrogens is 2. The van der Waals surface area contributed by atoms with Gasteiger partial charge >= 0.3 is 0 Å². The predicted molar refractivity (Wildman–Crippen MR) is 98.9 cm³/mol. The summed E-state index contributed by atoms with van der Waals surface area (Å²) in [6.07, 6.45) is 5.22. The van der Waals surface area contributed by atoms with E-state index in [4.69, 9.17) is 0 Å². The van der Waals surface area contributed by atoms with Gasteiger partial charge in [-0.15, -0.1) is 0 Å². The molecule has 0 spiro atoms. The molecule has 1 fully saturated rings. The second-order valence-electron chi connectivity index (χ2n) is 7.37. The largest absolute Gasteiger partial charge is 0.334 e. The molecule has 1 amide bonds. The van der Waals surface area contributed by atoms with E-state index in [-0.39, 0.29) is 17.8 Å². The van der Waals surface area contributed by atoms with Crippen LogP contribution < -0.4 is 0 Å². The maximum atomic E-state index is 13.2. The number of amides is 1. The van der Waals surface area contributed by atoms with Crippen LogP contribution in [-0.2, 0) is 17.8 Å². The highest BCUT2D eigenvalue weighted by Gasteiger charge is 2.31. The third kappa shape index (κ3) is 4.69. The van der Waals surface area contributed by atoms with Crippen molar-refractivity contribution in [2.75, 3.05) is 19.6 Å². The minimum atomic E-state index is -0.248. The lowest BCUT2D eigenvalue weighted by Crippen LogP contribution is -2.46. The van der Waals surface area contributed by atoms with Crippen LogP contribution in [0.5, 0.6) is 0 Å². The minimum Gasteiger partial charge on any atom is -0.334 e. The maximum absolute atomic E-state index is 13.2. The molecule has 0 bridgehead atoms. The van der Waals surface area contributed by atoms with Crippen LogP contribution in [0.25, 0.3) is 0 Å². The molecule has 1 aromatic carbocycles. The summed E-state index contributed by atoms with van der Waals surface area (Å²) in [6.45, 7) is 7.42. The van der Waals surface area contributed by atoms with Gasteiger partial charge in [0.1, 0.15) is 5.82 Å². The fourth-order valence-corrected chi connectivity index (χ4v) is 3.50. The van der Waals surface area contributed by atoms with Crippen LogP contribution >= 0.6 is 0 Å². The third-order valence-corrected chi connectivity index (χ3v) is 5.12. The Bertz CT molecular complexity index is 699. The number of H-pyrrole nitrogens is 1. The summed E-state index contributed by atoms with van der Waals surface area (Å²) < 4.78 is 13.2. The van der Waals surface area contributed by atoms with Gasteiger partial charge in [0.15, 0.2) is 0 Å². The summed E-state index contributed by atoms with van der Waals surface area (Å²) in [6, 6.07) is 6.60. The van der Waals surface area contributed by atoms with Gasteiger partial charge in [0.25, 0.3) is 0 Å². The molecule has 0 radical (unpaired) electrons. The van der Waals surface area contributed by atoms with Crippen LogP contribution in [0.15, 0.2) is 36.7 Å². The van der Waals surface area contributed by atoms with E-state index in [9.17, 15) is 9.18 Å². The molecule has 2 aromatic rings. The summed E-state index contributed by atoms with van der Waals surface area (Å²) >= 11 is 0. The van der Waals surface area contributed by atoms with Crippen molar-refractivity contribution in [3.63, 3.8) is 0 Å². The molecule has 1 saturated heterocycles. The van der Waals surface area contributed by atoms with Crippen LogP contribution in [0.2, 0.25) is 0 Å². The zero-order chi connectivity index (χ0) is 18.5. The average molecular weight is 358 g/mol. The highest BCUT2D eigenvalue weighted by Crippen LogP contribution is 2.21. The Morgan fingerprint density at radius 2 is 2.04 bits per heavy atom. The monoisotopic (exact) mass is 358 g/mol. The van der Waals surface area contributed by atoms with Crippen LogP contribution in [0.3, 0.4) is 0 Å². The summed E-state index contributed by atoms with van der Waals surface area (Å²) in [5, 5.41) is 6.84. The first-order valence-electron chi connectivity index (χ1n) is 9.27. The van der Waals surface area contributed by atoms with Crippen LogP contribution in [-0.4, -0.2) is 51.6 Å².